The van der Waals surface area contributed by atoms with Crippen molar-refractivity contribution in [2.45, 2.75) is 13.8 Å². The molecule has 0 rings (SSSR count). The van der Waals surface area contributed by atoms with E-state index in [1.165, 1.54) is 0 Å². The van der Waals surface area contributed by atoms with Crippen molar-refractivity contribution in [1.82, 2.24) is 0 Å². The van der Waals surface area contributed by atoms with Crippen LogP contribution >= 0.6 is 0 Å². The predicted molar refractivity (Wildman–Crippen MR) is 35.8 cm³/mol. The molecule has 0 aliphatic carbocycles. The Morgan fingerprint density at radius 2 is 0.769 bits per heavy atom. The van der Waals surface area contributed by atoms with E-state index in [9.17, 15) is 0 Å². The molecule has 0 unspecified atom stereocenters. The molecule has 0 bridgehead atoms. The van der Waals surface area contributed by atoms with E-state index in [-0.39, 0.29) is 39.0 Å². The summed E-state index contributed by atoms with van der Waals surface area (Å²) in [5.41, 5.74) is 0. The minimum absolute atomic E-state index is 0. The zero-order valence-electron chi connectivity index (χ0n) is 7.01. The van der Waals surface area contributed by atoms with Gasteiger partial charge in [-0.2, -0.15) is 0 Å². The Labute approximate surface area is 85.3 Å². The van der Waals surface area contributed by atoms with Gasteiger partial charge < -0.3 is 41.7 Å². The molecule has 0 aliphatic rings. The molecule has 0 amide bonds. The van der Waals surface area contributed by atoms with Crippen LogP contribution in [0.2, 0.25) is 0 Å². The molecule has 1 radical (unpaired) electrons. The van der Waals surface area contributed by atoms with E-state index in [1.54, 1.807) is 0 Å². The fourth-order valence-electron chi connectivity index (χ4n) is 0. The van der Waals surface area contributed by atoms with Gasteiger partial charge >= 0.3 is 0 Å². The number of carbonyl (C=O) groups excluding carboxylic acids is 2. The van der Waals surface area contributed by atoms with Crippen LogP contribution in [0.4, 0.5) is 0 Å². The van der Waals surface area contributed by atoms with Crippen molar-refractivity contribution >= 4 is 11.9 Å². The van der Waals surface area contributed by atoms with Crippen molar-refractivity contribution in [3.05, 3.63) is 0 Å². The van der Waals surface area contributed by atoms with Gasteiger partial charge in [-0.05, 0) is 13.8 Å². The summed E-state index contributed by atoms with van der Waals surface area (Å²) in [6.07, 6.45) is 0. The monoisotopic (exact) mass is 245 g/mol. The van der Waals surface area contributed by atoms with Gasteiger partial charge in [0.1, 0.15) is 0 Å². The topological polar surface area (TPSA) is 206 Å². The van der Waals surface area contributed by atoms with Gasteiger partial charge in [0.2, 0.25) is 0 Å². The summed E-state index contributed by atoms with van der Waals surface area (Å²) >= 11 is 0. The van der Waals surface area contributed by atoms with E-state index in [0.29, 0.717) is 0 Å². The second kappa shape index (κ2) is 42.7. The molecule has 0 aliphatic heterocycles. The summed E-state index contributed by atoms with van der Waals surface area (Å²) < 4.78 is 0. The summed E-state index contributed by atoms with van der Waals surface area (Å²) in [4.78, 5) is 17.8. The molecule has 0 saturated carbocycles. The number of hydrogen-bond acceptors (Lipinski definition) is 4. The quantitative estimate of drug-likeness (QED) is 0.381. The fraction of sp³-hybridized carbons (Fsp3) is 0.500. The van der Waals surface area contributed by atoms with Gasteiger partial charge in [0, 0.05) is 29.0 Å². The molecule has 0 fully saturated rings. The molecule has 0 aromatic heterocycles. The molecule has 0 saturated heterocycles. The number of aliphatic carboxylic acids is 2. The zero-order chi connectivity index (χ0) is 7.15. The molecule has 8 nitrogen and oxygen atoms in total. The second-order valence-corrected chi connectivity index (χ2v) is 0.983. The number of carboxylic acid groups (broad SMARTS) is 2. The van der Waals surface area contributed by atoms with Crippen molar-refractivity contribution in [2.75, 3.05) is 0 Å². The number of carbonyl (C=O) groups is 2. The summed E-state index contributed by atoms with van der Waals surface area (Å²) in [6.45, 7) is 1.94. The maximum absolute atomic E-state index is 8.89. The molecule has 9 heteroatoms. The van der Waals surface area contributed by atoms with Gasteiger partial charge in [-0.3, -0.25) is 0 Å². The zero-order valence-corrected chi connectivity index (χ0v) is 8.19. The van der Waals surface area contributed by atoms with Crippen LogP contribution < -0.4 is 10.2 Å². The average Bonchev–Trinajstić information content (AvgIpc) is 1.25. The third-order valence-electron chi connectivity index (χ3n) is 0. The smallest absolute Gasteiger partial charge is 0.0383 e. The Morgan fingerprint density at radius 3 is 0.769 bits per heavy atom. The number of rotatable bonds is 0. The maximum atomic E-state index is 8.89. The summed E-state index contributed by atoms with van der Waals surface area (Å²) in [6, 6.07) is 0. The largest absolute Gasteiger partial charge is 0.550 e. The van der Waals surface area contributed by atoms with E-state index in [1.807, 2.05) is 0 Å². The van der Waals surface area contributed by atoms with E-state index in [0.717, 1.165) is 13.8 Å². The van der Waals surface area contributed by atoms with Crippen molar-refractivity contribution in [3.8, 4) is 0 Å². The van der Waals surface area contributed by atoms with Crippen LogP contribution in [0.1, 0.15) is 13.8 Å². The van der Waals surface area contributed by atoms with Gasteiger partial charge in [-0.15, -0.1) is 0 Å². The van der Waals surface area contributed by atoms with E-state index < -0.39 is 11.9 Å². The van der Waals surface area contributed by atoms with Crippen molar-refractivity contribution < 1.29 is 58.8 Å². The standard InChI is InChI=1S/2C2H4O2.Mn.4H2O/c2*1-2(3)4;;;;;/h2*1H3,(H,3,4);;4*1H2/p-2. The Morgan fingerprint density at radius 1 is 0.769 bits per heavy atom. The molecule has 0 aromatic carbocycles. The molecule has 0 spiro atoms. The molecule has 87 valence electrons. The van der Waals surface area contributed by atoms with Crippen molar-refractivity contribution in [3.63, 3.8) is 0 Å². The van der Waals surface area contributed by atoms with Crippen LogP contribution in [-0.4, -0.2) is 33.8 Å². The van der Waals surface area contributed by atoms with Crippen molar-refractivity contribution in [2.24, 2.45) is 0 Å². The van der Waals surface area contributed by atoms with Crippen LogP contribution in [0.25, 0.3) is 0 Å². The first-order valence-electron chi connectivity index (χ1n) is 1.82. The van der Waals surface area contributed by atoms with Crippen LogP contribution in [0.3, 0.4) is 0 Å². The van der Waals surface area contributed by atoms with Crippen LogP contribution in [-0.2, 0) is 26.7 Å². The first-order valence-corrected chi connectivity index (χ1v) is 1.82. The number of carboxylic acids is 2. The third kappa shape index (κ3) is 1990. The maximum Gasteiger partial charge on any atom is 0.0383 e. The Bertz CT molecular complexity index is 74.1. The second-order valence-electron chi connectivity index (χ2n) is 0.983. The van der Waals surface area contributed by atoms with Gasteiger partial charge in [0.15, 0.2) is 0 Å². The Hall–Kier alpha value is -0.701. The van der Waals surface area contributed by atoms with Gasteiger partial charge in [0.05, 0.1) is 0 Å². The first-order chi connectivity index (χ1) is 3.46. The van der Waals surface area contributed by atoms with E-state index in [4.69, 9.17) is 19.8 Å². The summed E-state index contributed by atoms with van der Waals surface area (Å²) in [5, 5.41) is 17.8. The van der Waals surface area contributed by atoms with Crippen molar-refractivity contribution in [1.29, 1.82) is 0 Å². The molecule has 0 aromatic rings. The SMILES string of the molecule is CC(=O)[O-].CC(=O)[O-].O.O.O.O.[Mn]. The molecular weight excluding hydrogens is 231 g/mol. The van der Waals surface area contributed by atoms with Crippen LogP contribution in [0.15, 0.2) is 0 Å². The minimum atomic E-state index is -1.08. The predicted octanol–water partition coefficient (Wildman–Crippen LogP) is -5.79. The first kappa shape index (κ1) is 55.9. The Kier molecular flexibility index (Phi) is 184. The van der Waals surface area contributed by atoms with Crippen LogP contribution in [0, 0.1) is 0 Å². The molecule has 8 N–H and O–H groups in total. The number of hydrogen-bond donors (Lipinski definition) is 0. The molecule has 0 atom stereocenters. The normalized spacial score (nSPS) is 3.85. The minimum Gasteiger partial charge on any atom is -0.550 e. The third-order valence-corrected chi connectivity index (χ3v) is 0. The van der Waals surface area contributed by atoms with Crippen LogP contribution in [0.5, 0.6) is 0 Å². The summed E-state index contributed by atoms with van der Waals surface area (Å²) in [5.74, 6) is -2.17. The summed E-state index contributed by atoms with van der Waals surface area (Å²) in [7, 11) is 0. The molecular formula is C4H14MnO8-2. The fourth-order valence-corrected chi connectivity index (χ4v) is 0. The molecule has 0 heterocycles. The van der Waals surface area contributed by atoms with Gasteiger partial charge in [-0.25, -0.2) is 0 Å². The molecule has 13 heavy (non-hydrogen) atoms. The van der Waals surface area contributed by atoms with E-state index >= 15 is 0 Å². The van der Waals surface area contributed by atoms with Gasteiger partial charge in [-0.1, -0.05) is 0 Å². The average molecular weight is 245 g/mol. The van der Waals surface area contributed by atoms with E-state index in [2.05, 4.69) is 0 Å². The Balaban J connectivity index is -0.00000000800. The van der Waals surface area contributed by atoms with Gasteiger partial charge in [0.25, 0.3) is 0 Å².